The Morgan fingerprint density at radius 1 is 1.16 bits per heavy atom. The highest BCUT2D eigenvalue weighted by Crippen LogP contribution is 2.31. The number of aromatic nitrogens is 4. The fraction of sp³-hybridized carbons (Fsp3) is 0.0769. The quantitative estimate of drug-likeness (QED) is 0.770. The molecule has 0 saturated carbocycles. The molecule has 0 aromatic carbocycles. The molecule has 3 aromatic heterocycles. The van der Waals surface area contributed by atoms with Crippen LogP contribution in [0.4, 0.5) is 8.78 Å². The van der Waals surface area contributed by atoms with Gasteiger partial charge in [0.15, 0.2) is 5.95 Å². The molecule has 1 N–H and O–H groups in total. The fourth-order valence-electron chi connectivity index (χ4n) is 1.95. The number of aryl methyl sites for hydroxylation is 1. The van der Waals surface area contributed by atoms with Crippen LogP contribution >= 0.6 is 0 Å². The van der Waals surface area contributed by atoms with Gasteiger partial charge in [0.25, 0.3) is 0 Å². The Bertz CT molecular complexity index is 713. The first-order valence-electron chi connectivity index (χ1n) is 5.64. The predicted molar refractivity (Wildman–Crippen MR) is 66.1 cm³/mol. The van der Waals surface area contributed by atoms with Gasteiger partial charge < -0.3 is 4.98 Å². The Kier molecular flexibility index (Phi) is 2.63. The SMILES string of the molecule is Cn1cc(-c2cc[nH]c2F)c(-c2ccc(F)cn2)n1. The monoisotopic (exact) mass is 260 g/mol. The van der Waals surface area contributed by atoms with E-state index in [4.69, 9.17) is 0 Å². The van der Waals surface area contributed by atoms with Crippen LogP contribution in [0.1, 0.15) is 0 Å². The van der Waals surface area contributed by atoms with E-state index >= 15 is 0 Å². The van der Waals surface area contributed by atoms with Crippen LogP contribution in [0.5, 0.6) is 0 Å². The van der Waals surface area contributed by atoms with Gasteiger partial charge in [0, 0.05) is 30.6 Å². The molecular formula is C13H10F2N4. The molecule has 6 heteroatoms. The van der Waals surface area contributed by atoms with Crippen LogP contribution in [0.15, 0.2) is 36.8 Å². The molecule has 3 rings (SSSR count). The molecule has 0 bridgehead atoms. The number of hydrogen-bond acceptors (Lipinski definition) is 2. The van der Waals surface area contributed by atoms with Crippen molar-refractivity contribution in [2.75, 3.05) is 0 Å². The Morgan fingerprint density at radius 3 is 2.63 bits per heavy atom. The Balaban J connectivity index is 2.17. The molecule has 0 spiro atoms. The van der Waals surface area contributed by atoms with E-state index in [9.17, 15) is 8.78 Å². The first-order valence-corrected chi connectivity index (χ1v) is 5.64. The largest absolute Gasteiger partial charge is 0.338 e. The van der Waals surface area contributed by atoms with E-state index in [1.807, 2.05) is 0 Å². The number of aromatic amines is 1. The molecule has 0 radical (unpaired) electrons. The lowest BCUT2D eigenvalue weighted by Crippen LogP contribution is -1.90. The van der Waals surface area contributed by atoms with Crippen molar-refractivity contribution in [3.05, 3.63) is 48.6 Å². The van der Waals surface area contributed by atoms with Gasteiger partial charge in [-0.15, -0.1) is 0 Å². The summed E-state index contributed by atoms with van der Waals surface area (Å²) in [5.74, 6) is -0.856. The number of halogens is 2. The maximum atomic E-state index is 13.6. The van der Waals surface area contributed by atoms with Gasteiger partial charge in [-0.3, -0.25) is 9.67 Å². The summed E-state index contributed by atoms with van der Waals surface area (Å²) >= 11 is 0. The van der Waals surface area contributed by atoms with E-state index < -0.39 is 11.8 Å². The molecule has 3 heterocycles. The van der Waals surface area contributed by atoms with Gasteiger partial charge in [0.1, 0.15) is 11.5 Å². The molecular weight excluding hydrogens is 250 g/mol. The third-order valence-electron chi connectivity index (χ3n) is 2.79. The van der Waals surface area contributed by atoms with Crippen LogP contribution in [-0.2, 0) is 7.05 Å². The van der Waals surface area contributed by atoms with Gasteiger partial charge in [-0.1, -0.05) is 0 Å². The Morgan fingerprint density at radius 2 is 2.00 bits per heavy atom. The topological polar surface area (TPSA) is 46.5 Å². The van der Waals surface area contributed by atoms with Crippen molar-refractivity contribution in [1.82, 2.24) is 19.7 Å². The van der Waals surface area contributed by atoms with Crippen molar-refractivity contribution in [2.24, 2.45) is 7.05 Å². The smallest absolute Gasteiger partial charge is 0.199 e. The standard InChI is InChI=1S/C13H10F2N4/c1-19-7-10(9-4-5-16-13(9)15)12(18-19)11-3-2-8(14)6-17-11/h2-7,16H,1H3. The van der Waals surface area contributed by atoms with Gasteiger partial charge >= 0.3 is 0 Å². The zero-order valence-electron chi connectivity index (χ0n) is 10.1. The summed E-state index contributed by atoms with van der Waals surface area (Å²) in [6.07, 6.45) is 4.33. The lowest BCUT2D eigenvalue weighted by Gasteiger charge is -2.00. The van der Waals surface area contributed by atoms with Crippen molar-refractivity contribution in [3.8, 4) is 22.5 Å². The number of nitrogens with zero attached hydrogens (tertiary/aromatic N) is 3. The molecule has 0 fully saturated rings. The minimum atomic E-state index is -0.434. The van der Waals surface area contributed by atoms with Crippen molar-refractivity contribution >= 4 is 0 Å². The van der Waals surface area contributed by atoms with Gasteiger partial charge in [-0.25, -0.2) is 4.39 Å². The lowest BCUT2D eigenvalue weighted by molar-refractivity contribution is 0.595. The summed E-state index contributed by atoms with van der Waals surface area (Å²) in [7, 11) is 1.74. The summed E-state index contributed by atoms with van der Waals surface area (Å²) in [4.78, 5) is 6.46. The highest BCUT2D eigenvalue weighted by atomic mass is 19.1. The van der Waals surface area contributed by atoms with Gasteiger partial charge in [-0.05, 0) is 18.2 Å². The molecule has 96 valence electrons. The second kappa shape index (κ2) is 4.31. The van der Waals surface area contributed by atoms with Crippen LogP contribution in [0.2, 0.25) is 0 Å². The first-order chi connectivity index (χ1) is 9.15. The Hall–Kier alpha value is -2.50. The zero-order valence-corrected chi connectivity index (χ0v) is 10.1. The van der Waals surface area contributed by atoms with Crippen LogP contribution in [0.3, 0.4) is 0 Å². The molecule has 0 unspecified atom stereocenters. The number of pyridine rings is 1. The fourth-order valence-corrected chi connectivity index (χ4v) is 1.95. The molecule has 0 saturated heterocycles. The van der Waals surface area contributed by atoms with E-state index in [0.29, 0.717) is 22.5 Å². The molecule has 19 heavy (non-hydrogen) atoms. The second-order valence-electron chi connectivity index (χ2n) is 4.13. The minimum Gasteiger partial charge on any atom is -0.338 e. The van der Waals surface area contributed by atoms with Crippen LogP contribution < -0.4 is 0 Å². The van der Waals surface area contributed by atoms with Crippen LogP contribution in [0, 0.1) is 11.8 Å². The van der Waals surface area contributed by atoms with E-state index in [2.05, 4.69) is 15.1 Å². The van der Waals surface area contributed by atoms with E-state index in [-0.39, 0.29) is 0 Å². The molecule has 0 aliphatic heterocycles. The number of hydrogen-bond donors (Lipinski definition) is 1. The van der Waals surface area contributed by atoms with Gasteiger partial charge in [0.05, 0.1) is 11.9 Å². The molecule has 0 aliphatic rings. The van der Waals surface area contributed by atoms with Gasteiger partial charge in [0.2, 0.25) is 0 Å². The molecule has 4 nitrogen and oxygen atoms in total. The molecule has 0 amide bonds. The van der Waals surface area contributed by atoms with Crippen molar-refractivity contribution < 1.29 is 8.78 Å². The van der Waals surface area contributed by atoms with Gasteiger partial charge in [-0.2, -0.15) is 9.49 Å². The predicted octanol–water partition coefficient (Wildman–Crippen LogP) is 2.76. The summed E-state index contributed by atoms with van der Waals surface area (Å²) in [5, 5.41) is 4.26. The number of rotatable bonds is 2. The summed E-state index contributed by atoms with van der Waals surface area (Å²) in [6, 6.07) is 4.44. The van der Waals surface area contributed by atoms with E-state index in [0.717, 1.165) is 6.20 Å². The molecule has 3 aromatic rings. The van der Waals surface area contributed by atoms with Crippen LogP contribution in [-0.4, -0.2) is 19.7 Å². The number of H-pyrrole nitrogens is 1. The highest BCUT2D eigenvalue weighted by Gasteiger charge is 2.16. The first kappa shape index (κ1) is 11.6. The average molecular weight is 260 g/mol. The molecule has 0 aliphatic carbocycles. The second-order valence-corrected chi connectivity index (χ2v) is 4.13. The summed E-state index contributed by atoms with van der Waals surface area (Å²) in [6.45, 7) is 0. The third kappa shape index (κ3) is 2.01. The normalized spacial score (nSPS) is 10.9. The lowest BCUT2D eigenvalue weighted by atomic mass is 10.1. The van der Waals surface area contributed by atoms with Crippen molar-refractivity contribution in [1.29, 1.82) is 0 Å². The zero-order chi connectivity index (χ0) is 13.4. The summed E-state index contributed by atoms with van der Waals surface area (Å²) < 4.78 is 28.1. The van der Waals surface area contributed by atoms with Crippen molar-refractivity contribution in [3.63, 3.8) is 0 Å². The highest BCUT2D eigenvalue weighted by molar-refractivity contribution is 5.78. The molecule has 0 atom stereocenters. The van der Waals surface area contributed by atoms with E-state index in [1.54, 1.807) is 24.0 Å². The maximum Gasteiger partial charge on any atom is 0.199 e. The summed E-state index contributed by atoms with van der Waals surface area (Å²) in [5.41, 5.74) is 2.04. The van der Waals surface area contributed by atoms with E-state index in [1.165, 1.54) is 18.3 Å². The minimum absolute atomic E-state index is 0.411. The van der Waals surface area contributed by atoms with Crippen LogP contribution in [0.25, 0.3) is 22.5 Å². The van der Waals surface area contributed by atoms with Crippen molar-refractivity contribution in [2.45, 2.75) is 0 Å². The Labute approximate surface area is 107 Å². The number of nitrogens with one attached hydrogen (secondary N) is 1. The average Bonchev–Trinajstić information content (AvgIpc) is 2.96. The third-order valence-corrected chi connectivity index (χ3v) is 2.79. The maximum absolute atomic E-state index is 13.6.